The van der Waals surface area contributed by atoms with Gasteiger partial charge in [0, 0.05) is 6.07 Å². The number of nitro benzene ring substituents is 1. The van der Waals surface area contributed by atoms with E-state index in [1.54, 1.807) is 0 Å². The molecule has 2 aromatic rings. The van der Waals surface area contributed by atoms with Crippen molar-refractivity contribution in [3.63, 3.8) is 0 Å². The van der Waals surface area contributed by atoms with Gasteiger partial charge < -0.3 is 14.2 Å². The van der Waals surface area contributed by atoms with Crippen LogP contribution in [0.3, 0.4) is 0 Å². The number of benzene rings is 2. The Morgan fingerprint density at radius 1 is 1.17 bits per heavy atom. The van der Waals surface area contributed by atoms with Gasteiger partial charge in [0.15, 0.2) is 5.75 Å². The van der Waals surface area contributed by atoms with Gasteiger partial charge in [-0.3, -0.25) is 10.1 Å². The average Bonchev–Trinajstić information content (AvgIpc) is 2.59. The molecular formula is C16H14FNO6. The van der Waals surface area contributed by atoms with Crippen molar-refractivity contribution in [2.75, 3.05) is 20.3 Å². The Labute approximate surface area is 136 Å². The van der Waals surface area contributed by atoms with Gasteiger partial charge in [0.05, 0.1) is 17.6 Å². The fraction of sp³-hybridized carbons (Fsp3) is 0.188. The third-order valence-electron chi connectivity index (χ3n) is 3.01. The van der Waals surface area contributed by atoms with Crippen molar-refractivity contribution in [2.45, 2.75) is 0 Å². The van der Waals surface area contributed by atoms with Crippen LogP contribution in [0, 0.1) is 15.9 Å². The summed E-state index contributed by atoms with van der Waals surface area (Å²) < 4.78 is 27.8. The molecule has 0 amide bonds. The van der Waals surface area contributed by atoms with E-state index in [-0.39, 0.29) is 36.0 Å². The predicted octanol–water partition coefficient (Wildman–Crippen LogP) is 2.98. The highest BCUT2D eigenvalue weighted by molar-refractivity contribution is 5.90. The standard InChI is InChI=1S/C16H14FNO6/c1-22-15-7-2-11(10-14(15)18(20)21)16(19)24-9-8-23-13-5-3-12(17)4-6-13/h2-7,10H,8-9H2,1H3. The maximum atomic E-state index is 12.7. The van der Waals surface area contributed by atoms with E-state index in [4.69, 9.17) is 14.2 Å². The second-order valence-corrected chi connectivity index (χ2v) is 4.58. The molecule has 2 rings (SSSR count). The predicted molar refractivity (Wildman–Crippen MR) is 81.8 cm³/mol. The maximum absolute atomic E-state index is 12.7. The number of esters is 1. The van der Waals surface area contributed by atoms with Gasteiger partial charge in [-0.1, -0.05) is 0 Å². The zero-order chi connectivity index (χ0) is 17.5. The van der Waals surface area contributed by atoms with Gasteiger partial charge in [0.2, 0.25) is 0 Å². The van der Waals surface area contributed by atoms with E-state index in [0.717, 1.165) is 6.07 Å². The van der Waals surface area contributed by atoms with Crippen LogP contribution in [0.2, 0.25) is 0 Å². The first kappa shape index (κ1) is 17.2. The molecular weight excluding hydrogens is 321 g/mol. The van der Waals surface area contributed by atoms with Gasteiger partial charge in [-0.15, -0.1) is 0 Å². The van der Waals surface area contributed by atoms with Gasteiger partial charge >= 0.3 is 11.7 Å². The number of halogens is 1. The molecule has 126 valence electrons. The van der Waals surface area contributed by atoms with Crippen LogP contribution >= 0.6 is 0 Å². The third kappa shape index (κ3) is 4.42. The number of ether oxygens (including phenoxy) is 3. The molecule has 0 aliphatic carbocycles. The molecule has 0 aromatic heterocycles. The second kappa shape index (κ2) is 7.91. The lowest BCUT2D eigenvalue weighted by atomic mass is 10.2. The number of rotatable bonds is 7. The molecule has 0 saturated carbocycles. The first-order valence-corrected chi connectivity index (χ1v) is 6.89. The van der Waals surface area contributed by atoms with Crippen molar-refractivity contribution in [1.29, 1.82) is 0 Å². The number of methoxy groups -OCH3 is 1. The number of hydrogen-bond acceptors (Lipinski definition) is 6. The first-order valence-electron chi connectivity index (χ1n) is 6.89. The largest absolute Gasteiger partial charge is 0.490 e. The SMILES string of the molecule is COc1ccc(C(=O)OCCOc2ccc(F)cc2)cc1[N+](=O)[O-]. The third-order valence-corrected chi connectivity index (χ3v) is 3.01. The van der Waals surface area contributed by atoms with E-state index in [1.807, 2.05) is 0 Å². The zero-order valence-electron chi connectivity index (χ0n) is 12.7. The van der Waals surface area contributed by atoms with E-state index < -0.39 is 10.9 Å². The van der Waals surface area contributed by atoms with Crippen LogP contribution in [-0.2, 0) is 4.74 Å². The van der Waals surface area contributed by atoms with Crippen molar-refractivity contribution in [3.05, 3.63) is 64.0 Å². The quantitative estimate of drug-likeness (QED) is 0.334. The summed E-state index contributed by atoms with van der Waals surface area (Å²) in [5, 5.41) is 10.9. The minimum absolute atomic E-state index is 0.0317. The smallest absolute Gasteiger partial charge is 0.338 e. The molecule has 24 heavy (non-hydrogen) atoms. The molecule has 2 aromatic carbocycles. The molecule has 0 atom stereocenters. The van der Waals surface area contributed by atoms with Gasteiger partial charge in [0.1, 0.15) is 24.8 Å². The fourth-order valence-electron chi connectivity index (χ4n) is 1.87. The molecule has 7 nitrogen and oxygen atoms in total. The minimum atomic E-state index is -0.719. The molecule has 0 aliphatic heterocycles. The summed E-state index contributed by atoms with van der Waals surface area (Å²) in [7, 11) is 1.30. The molecule has 0 N–H and O–H groups in total. The van der Waals surface area contributed by atoms with Crippen LogP contribution in [0.1, 0.15) is 10.4 Å². The van der Waals surface area contributed by atoms with E-state index in [1.165, 1.54) is 43.5 Å². The number of hydrogen-bond donors (Lipinski definition) is 0. The molecule has 0 heterocycles. The Kier molecular flexibility index (Phi) is 5.67. The molecule has 0 aliphatic rings. The summed E-state index contributed by atoms with van der Waals surface area (Å²) >= 11 is 0. The van der Waals surface area contributed by atoms with Gasteiger partial charge in [-0.2, -0.15) is 0 Å². The van der Waals surface area contributed by atoms with Crippen LogP contribution in [-0.4, -0.2) is 31.2 Å². The Morgan fingerprint density at radius 2 is 1.88 bits per heavy atom. The van der Waals surface area contributed by atoms with Gasteiger partial charge in [-0.05, 0) is 36.4 Å². The Morgan fingerprint density at radius 3 is 2.50 bits per heavy atom. The monoisotopic (exact) mass is 335 g/mol. The average molecular weight is 335 g/mol. The van der Waals surface area contributed by atoms with Crippen molar-refractivity contribution in [3.8, 4) is 11.5 Å². The van der Waals surface area contributed by atoms with E-state index in [9.17, 15) is 19.3 Å². The lowest BCUT2D eigenvalue weighted by Gasteiger charge is -2.08. The Balaban J connectivity index is 1.89. The Bertz CT molecular complexity index is 732. The number of carbonyl (C=O) groups is 1. The Hall–Kier alpha value is -3.16. The highest BCUT2D eigenvalue weighted by Crippen LogP contribution is 2.27. The molecule has 0 unspecified atom stereocenters. The summed E-state index contributed by atoms with van der Waals surface area (Å²) in [6.07, 6.45) is 0. The van der Waals surface area contributed by atoms with Crippen LogP contribution in [0.5, 0.6) is 11.5 Å². The van der Waals surface area contributed by atoms with Crippen molar-refractivity contribution in [1.82, 2.24) is 0 Å². The molecule has 0 radical (unpaired) electrons. The summed E-state index contributed by atoms with van der Waals surface area (Å²) in [6.45, 7) is 0.00561. The first-order chi connectivity index (χ1) is 11.5. The zero-order valence-corrected chi connectivity index (χ0v) is 12.7. The molecule has 0 fully saturated rings. The number of nitrogens with zero attached hydrogens (tertiary/aromatic N) is 1. The summed E-state index contributed by atoms with van der Waals surface area (Å²) in [4.78, 5) is 22.2. The van der Waals surface area contributed by atoms with Crippen molar-refractivity contribution < 1.29 is 28.3 Å². The number of carbonyl (C=O) groups excluding carboxylic acids is 1. The topological polar surface area (TPSA) is 87.9 Å². The summed E-state index contributed by atoms with van der Waals surface area (Å²) in [5.74, 6) is -0.609. The van der Waals surface area contributed by atoms with E-state index in [2.05, 4.69) is 0 Å². The lowest BCUT2D eigenvalue weighted by Crippen LogP contribution is -2.12. The highest BCUT2D eigenvalue weighted by Gasteiger charge is 2.18. The van der Waals surface area contributed by atoms with Crippen LogP contribution in [0.25, 0.3) is 0 Å². The van der Waals surface area contributed by atoms with Crippen LogP contribution in [0.15, 0.2) is 42.5 Å². The minimum Gasteiger partial charge on any atom is -0.490 e. The van der Waals surface area contributed by atoms with Crippen molar-refractivity contribution >= 4 is 11.7 Å². The van der Waals surface area contributed by atoms with Crippen LogP contribution < -0.4 is 9.47 Å². The molecule has 0 bridgehead atoms. The number of nitro groups is 1. The highest BCUT2D eigenvalue weighted by atomic mass is 19.1. The summed E-state index contributed by atoms with van der Waals surface area (Å²) in [6, 6.07) is 9.17. The maximum Gasteiger partial charge on any atom is 0.338 e. The fourth-order valence-corrected chi connectivity index (χ4v) is 1.87. The molecule has 8 heteroatoms. The van der Waals surface area contributed by atoms with Crippen molar-refractivity contribution in [2.24, 2.45) is 0 Å². The normalized spacial score (nSPS) is 10.1. The summed E-state index contributed by atoms with van der Waals surface area (Å²) in [5.41, 5.74) is -0.293. The lowest BCUT2D eigenvalue weighted by molar-refractivity contribution is -0.385. The van der Waals surface area contributed by atoms with Crippen LogP contribution in [0.4, 0.5) is 10.1 Å². The van der Waals surface area contributed by atoms with E-state index >= 15 is 0 Å². The molecule has 0 saturated heterocycles. The molecule has 0 spiro atoms. The van der Waals surface area contributed by atoms with Gasteiger partial charge in [-0.25, -0.2) is 9.18 Å². The van der Waals surface area contributed by atoms with Gasteiger partial charge in [0.25, 0.3) is 0 Å². The van der Waals surface area contributed by atoms with E-state index in [0.29, 0.717) is 5.75 Å². The second-order valence-electron chi connectivity index (χ2n) is 4.58.